The van der Waals surface area contributed by atoms with Crippen LogP contribution in [0.25, 0.3) is 0 Å². The Morgan fingerprint density at radius 1 is 1.29 bits per heavy atom. The number of carbonyl (C=O) groups is 2. The van der Waals surface area contributed by atoms with E-state index in [1.54, 1.807) is 24.3 Å². The van der Waals surface area contributed by atoms with Crippen LogP contribution in [-0.2, 0) is 4.79 Å². The van der Waals surface area contributed by atoms with Crippen molar-refractivity contribution in [3.05, 3.63) is 46.2 Å². The fourth-order valence-electron chi connectivity index (χ4n) is 2.21. The van der Waals surface area contributed by atoms with Gasteiger partial charge in [0.05, 0.1) is 26.2 Å². The highest BCUT2D eigenvalue weighted by Crippen LogP contribution is 2.29. The van der Waals surface area contributed by atoms with Crippen molar-refractivity contribution in [1.29, 1.82) is 0 Å². The van der Waals surface area contributed by atoms with Gasteiger partial charge in [-0.1, -0.05) is 6.07 Å². The molecule has 128 valence electrons. The molecule has 7 heteroatoms. The smallest absolute Gasteiger partial charge is 0.305 e. The highest BCUT2D eigenvalue weighted by molar-refractivity contribution is 7.10. The second kappa shape index (κ2) is 8.35. The molecule has 1 amide bonds. The number of nitrogens with one attached hydrogen (secondary N) is 1. The van der Waals surface area contributed by atoms with E-state index < -0.39 is 12.0 Å². The van der Waals surface area contributed by atoms with Gasteiger partial charge >= 0.3 is 5.97 Å². The molecule has 2 N–H and O–H groups in total. The zero-order chi connectivity index (χ0) is 17.5. The molecule has 0 aliphatic rings. The van der Waals surface area contributed by atoms with Gasteiger partial charge in [-0.25, -0.2) is 0 Å². The van der Waals surface area contributed by atoms with Gasteiger partial charge in [0.1, 0.15) is 0 Å². The van der Waals surface area contributed by atoms with Crippen LogP contribution in [0, 0.1) is 0 Å². The molecule has 0 aliphatic carbocycles. The third-order valence-electron chi connectivity index (χ3n) is 3.30. The van der Waals surface area contributed by atoms with Crippen LogP contribution in [0.1, 0.15) is 34.6 Å². The molecule has 1 heterocycles. The lowest BCUT2D eigenvalue weighted by atomic mass is 10.1. The van der Waals surface area contributed by atoms with E-state index in [1.807, 2.05) is 18.4 Å². The maximum absolute atomic E-state index is 12.5. The maximum Gasteiger partial charge on any atom is 0.305 e. The maximum atomic E-state index is 12.5. The third-order valence-corrected chi connectivity index (χ3v) is 4.28. The Morgan fingerprint density at radius 2 is 2.08 bits per heavy atom. The topological polar surface area (TPSA) is 84.9 Å². The fraction of sp³-hybridized carbons (Fsp3) is 0.294. The van der Waals surface area contributed by atoms with E-state index >= 15 is 0 Å². The van der Waals surface area contributed by atoms with E-state index in [1.165, 1.54) is 18.4 Å². The Bertz CT molecular complexity index is 699. The number of ether oxygens (including phenoxy) is 2. The Hall–Kier alpha value is -2.54. The van der Waals surface area contributed by atoms with Crippen LogP contribution in [0.3, 0.4) is 0 Å². The van der Waals surface area contributed by atoms with Crippen molar-refractivity contribution in [2.45, 2.75) is 19.4 Å². The Kier molecular flexibility index (Phi) is 6.20. The summed E-state index contributed by atoms with van der Waals surface area (Å²) in [6, 6.07) is 7.90. The molecular weight excluding hydrogens is 330 g/mol. The molecule has 2 aromatic rings. The van der Waals surface area contributed by atoms with Gasteiger partial charge in [0, 0.05) is 10.4 Å². The minimum Gasteiger partial charge on any atom is -0.493 e. The zero-order valence-electron chi connectivity index (χ0n) is 13.4. The summed E-state index contributed by atoms with van der Waals surface area (Å²) in [6.07, 6.45) is -0.180. The molecule has 1 aromatic carbocycles. The monoisotopic (exact) mass is 349 g/mol. The number of carboxylic acid groups (broad SMARTS) is 1. The quantitative estimate of drug-likeness (QED) is 0.765. The molecule has 0 saturated carbocycles. The van der Waals surface area contributed by atoms with Gasteiger partial charge in [-0.15, -0.1) is 11.3 Å². The van der Waals surface area contributed by atoms with Crippen LogP contribution in [0.15, 0.2) is 35.7 Å². The molecule has 0 fully saturated rings. The van der Waals surface area contributed by atoms with Crippen molar-refractivity contribution >= 4 is 23.2 Å². The standard InChI is InChI=1S/C17H19NO5S/c1-3-23-13-7-6-11(9-14(13)22-2)17(21)18-12(10-16(19)20)15-5-4-8-24-15/h4-9,12H,3,10H2,1-2H3,(H,18,21)(H,19,20). The Balaban J connectivity index is 2.19. The molecule has 24 heavy (non-hydrogen) atoms. The van der Waals surface area contributed by atoms with Gasteiger partial charge in [0.15, 0.2) is 11.5 Å². The SMILES string of the molecule is CCOc1ccc(C(=O)NC(CC(=O)O)c2cccs2)cc1OC. The van der Waals surface area contributed by atoms with E-state index in [2.05, 4.69) is 5.32 Å². The largest absolute Gasteiger partial charge is 0.493 e. The van der Waals surface area contributed by atoms with Gasteiger partial charge in [0.2, 0.25) is 0 Å². The molecule has 6 nitrogen and oxygen atoms in total. The number of carboxylic acids is 1. The van der Waals surface area contributed by atoms with E-state index in [0.717, 1.165) is 4.88 Å². The fourth-order valence-corrected chi connectivity index (χ4v) is 2.99. The molecule has 0 bridgehead atoms. The number of carbonyl (C=O) groups excluding carboxylic acids is 1. The molecule has 0 spiro atoms. The first-order valence-corrected chi connectivity index (χ1v) is 8.30. The predicted molar refractivity (Wildman–Crippen MR) is 90.9 cm³/mol. The lowest BCUT2D eigenvalue weighted by Gasteiger charge is -2.16. The summed E-state index contributed by atoms with van der Waals surface area (Å²) >= 11 is 1.40. The lowest BCUT2D eigenvalue weighted by Crippen LogP contribution is -2.29. The molecular formula is C17H19NO5S. The molecule has 0 aliphatic heterocycles. The number of benzene rings is 1. The first-order valence-electron chi connectivity index (χ1n) is 7.42. The summed E-state index contributed by atoms with van der Waals surface area (Å²) in [5, 5.41) is 13.7. The summed E-state index contributed by atoms with van der Waals surface area (Å²) in [5.74, 6) is -0.332. The summed E-state index contributed by atoms with van der Waals surface area (Å²) in [6.45, 7) is 2.35. The van der Waals surface area contributed by atoms with Gasteiger partial charge in [-0.3, -0.25) is 9.59 Å². The van der Waals surface area contributed by atoms with Crippen molar-refractivity contribution in [3.8, 4) is 11.5 Å². The van der Waals surface area contributed by atoms with Crippen LogP contribution in [0.4, 0.5) is 0 Å². The zero-order valence-corrected chi connectivity index (χ0v) is 14.3. The molecule has 2 rings (SSSR count). The van der Waals surface area contributed by atoms with Crippen molar-refractivity contribution in [1.82, 2.24) is 5.32 Å². The number of rotatable bonds is 8. The minimum atomic E-state index is -0.974. The second-order valence-electron chi connectivity index (χ2n) is 4.94. The molecule has 0 radical (unpaired) electrons. The van der Waals surface area contributed by atoms with Crippen molar-refractivity contribution < 1.29 is 24.2 Å². The summed E-state index contributed by atoms with van der Waals surface area (Å²) < 4.78 is 10.7. The van der Waals surface area contributed by atoms with E-state index in [-0.39, 0.29) is 12.3 Å². The molecule has 1 aromatic heterocycles. The van der Waals surface area contributed by atoms with Crippen LogP contribution in [-0.4, -0.2) is 30.7 Å². The minimum absolute atomic E-state index is 0.180. The average Bonchev–Trinajstić information content (AvgIpc) is 3.08. The van der Waals surface area contributed by atoms with Gasteiger partial charge in [0.25, 0.3) is 5.91 Å². The van der Waals surface area contributed by atoms with Crippen LogP contribution in [0.5, 0.6) is 11.5 Å². The van der Waals surface area contributed by atoms with E-state index in [0.29, 0.717) is 23.7 Å². The van der Waals surface area contributed by atoms with Crippen molar-refractivity contribution in [3.63, 3.8) is 0 Å². The highest BCUT2D eigenvalue weighted by atomic mass is 32.1. The lowest BCUT2D eigenvalue weighted by molar-refractivity contribution is -0.137. The Labute approximate surface area is 144 Å². The van der Waals surface area contributed by atoms with Gasteiger partial charge in [-0.2, -0.15) is 0 Å². The Morgan fingerprint density at radius 3 is 2.67 bits per heavy atom. The summed E-state index contributed by atoms with van der Waals surface area (Å²) in [4.78, 5) is 24.3. The number of aliphatic carboxylic acids is 1. The number of hydrogen-bond acceptors (Lipinski definition) is 5. The highest BCUT2D eigenvalue weighted by Gasteiger charge is 2.20. The molecule has 1 unspecified atom stereocenters. The predicted octanol–water partition coefficient (Wildman–Crippen LogP) is 3.10. The normalized spacial score (nSPS) is 11.6. The van der Waals surface area contributed by atoms with Crippen LogP contribution in [0.2, 0.25) is 0 Å². The van der Waals surface area contributed by atoms with Crippen LogP contribution >= 0.6 is 11.3 Å². The van der Waals surface area contributed by atoms with Crippen molar-refractivity contribution in [2.24, 2.45) is 0 Å². The number of hydrogen-bond donors (Lipinski definition) is 2. The molecule has 0 saturated heterocycles. The first-order chi connectivity index (χ1) is 11.5. The summed E-state index contributed by atoms with van der Waals surface area (Å²) in [5.41, 5.74) is 0.377. The third kappa shape index (κ3) is 4.48. The van der Waals surface area contributed by atoms with Gasteiger partial charge in [-0.05, 0) is 36.6 Å². The van der Waals surface area contributed by atoms with Gasteiger partial charge < -0.3 is 19.9 Å². The van der Waals surface area contributed by atoms with Crippen LogP contribution < -0.4 is 14.8 Å². The number of methoxy groups -OCH3 is 1. The van der Waals surface area contributed by atoms with E-state index in [4.69, 9.17) is 14.6 Å². The van der Waals surface area contributed by atoms with E-state index in [9.17, 15) is 9.59 Å². The number of thiophene rings is 1. The average molecular weight is 349 g/mol. The second-order valence-corrected chi connectivity index (χ2v) is 5.92. The van der Waals surface area contributed by atoms with Crippen molar-refractivity contribution in [2.75, 3.05) is 13.7 Å². The molecule has 1 atom stereocenters. The first kappa shape index (κ1) is 17.8. The summed E-state index contributed by atoms with van der Waals surface area (Å²) in [7, 11) is 1.50. The number of amides is 1.